The lowest BCUT2D eigenvalue weighted by Gasteiger charge is -2.09. The number of aromatic nitrogens is 4. The molecule has 3 heterocycles. The van der Waals surface area contributed by atoms with Crippen LogP contribution < -0.4 is 5.32 Å². The van der Waals surface area contributed by atoms with Crippen LogP contribution in [0.25, 0.3) is 11.3 Å². The maximum Gasteiger partial charge on any atom is 0.220 e. The standard InChI is InChI=1S/C18H19N5O2/c1-12-15(13(2)25-23-12)5-6-17(24)22-11-16-18(21-9-8-20-16)14-4-3-7-19-10-14/h3-4,7-10H,5-6,11H2,1-2H3,(H,22,24). The first-order chi connectivity index (χ1) is 12.1. The summed E-state index contributed by atoms with van der Waals surface area (Å²) in [4.78, 5) is 25.0. The van der Waals surface area contributed by atoms with Gasteiger partial charge in [0.05, 0.1) is 23.6 Å². The van der Waals surface area contributed by atoms with Gasteiger partial charge in [-0.3, -0.25) is 19.7 Å². The Hall–Kier alpha value is -3.09. The summed E-state index contributed by atoms with van der Waals surface area (Å²) in [6.45, 7) is 4.05. The Balaban J connectivity index is 1.61. The summed E-state index contributed by atoms with van der Waals surface area (Å²) in [6, 6.07) is 3.76. The van der Waals surface area contributed by atoms with Gasteiger partial charge in [-0.15, -0.1) is 0 Å². The van der Waals surface area contributed by atoms with E-state index in [-0.39, 0.29) is 5.91 Å². The van der Waals surface area contributed by atoms with Crippen molar-refractivity contribution in [2.45, 2.75) is 33.2 Å². The minimum Gasteiger partial charge on any atom is -0.361 e. The Morgan fingerprint density at radius 3 is 2.76 bits per heavy atom. The molecule has 0 unspecified atom stereocenters. The van der Waals surface area contributed by atoms with Gasteiger partial charge in [0.25, 0.3) is 0 Å². The van der Waals surface area contributed by atoms with Crippen LogP contribution in [-0.2, 0) is 17.8 Å². The molecule has 0 spiro atoms. The second-order valence-electron chi connectivity index (χ2n) is 5.67. The van der Waals surface area contributed by atoms with E-state index in [0.717, 1.165) is 28.3 Å². The largest absolute Gasteiger partial charge is 0.361 e. The number of carbonyl (C=O) groups excluding carboxylic acids is 1. The molecular formula is C18H19N5O2. The van der Waals surface area contributed by atoms with Crippen molar-refractivity contribution in [3.63, 3.8) is 0 Å². The molecule has 7 heteroatoms. The van der Waals surface area contributed by atoms with Crippen LogP contribution in [-0.4, -0.2) is 26.0 Å². The summed E-state index contributed by atoms with van der Waals surface area (Å²) in [5.41, 5.74) is 4.13. The SMILES string of the molecule is Cc1noc(C)c1CCC(=O)NCc1nccnc1-c1cccnc1. The molecule has 0 saturated carbocycles. The van der Waals surface area contributed by atoms with E-state index in [9.17, 15) is 4.79 Å². The zero-order valence-electron chi connectivity index (χ0n) is 14.2. The molecule has 0 aliphatic carbocycles. The van der Waals surface area contributed by atoms with E-state index in [1.807, 2.05) is 26.0 Å². The quantitative estimate of drug-likeness (QED) is 0.742. The fraction of sp³-hybridized carbons (Fsp3) is 0.278. The van der Waals surface area contributed by atoms with Crippen molar-refractivity contribution >= 4 is 5.91 Å². The monoisotopic (exact) mass is 337 g/mol. The number of nitrogens with one attached hydrogen (secondary N) is 1. The van der Waals surface area contributed by atoms with Crippen LogP contribution in [0.15, 0.2) is 41.4 Å². The first kappa shape index (κ1) is 16.8. The van der Waals surface area contributed by atoms with Gasteiger partial charge in [-0.05, 0) is 32.4 Å². The lowest BCUT2D eigenvalue weighted by atomic mass is 10.1. The first-order valence-electron chi connectivity index (χ1n) is 8.04. The van der Waals surface area contributed by atoms with Crippen molar-refractivity contribution in [3.05, 3.63) is 59.6 Å². The maximum atomic E-state index is 12.2. The number of hydrogen-bond donors (Lipinski definition) is 1. The molecule has 0 fully saturated rings. The van der Waals surface area contributed by atoms with E-state index in [0.29, 0.717) is 25.1 Å². The van der Waals surface area contributed by atoms with E-state index >= 15 is 0 Å². The van der Waals surface area contributed by atoms with Crippen molar-refractivity contribution in [2.75, 3.05) is 0 Å². The van der Waals surface area contributed by atoms with Gasteiger partial charge in [-0.1, -0.05) is 5.16 Å². The molecule has 0 aromatic carbocycles. The predicted octanol–water partition coefficient (Wildman–Crippen LogP) is 2.39. The van der Waals surface area contributed by atoms with Crippen molar-refractivity contribution in [2.24, 2.45) is 0 Å². The van der Waals surface area contributed by atoms with Gasteiger partial charge < -0.3 is 9.84 Å². The Bertz CT molecular complexity index is 841. The lowest BCUT2D eigenvalue weighted by molar-refractivity contribution is -0.121. The zero-order valence-corrected chi connectivity index (χ0v) is 14.2. The van der Waals surface area contributed by atoms with Gasteiger partial charge in [-0.25, -0.2) is 0 Å². The molecule has 0 aliphatic rings. The van der Waals surface area contributed by atoms with Gasteiger partial charge in [0.1, 0.15) is 5.76 Å². The zero-order chi connectivity index (χ0) is 17.6. The minimum absolute atomic E-state index is 0.0530. The normalized spacial score (nSPS) is 10.6. The molecule has 0 bridgehead atoms. The Labute approximate surface area is 145 Å². The molecule has 3 aromatic heterocycles. The minimum atomic E-state index is -0.0530. The summed E-state index contributed by atoms with van der Waals surface area (Å²) in [7, 11) is 0. The second-order valence-corrected chi connectivity index (χ2v) is 5.67. The molecule has 0 aliphatic heterocycles. The average molecular weight is 337 g/mol. The third-order valence-corrected chi connectivity index (χ3v) is 3.95. The summed E-state index contributed by atoms with van der Waals surface area (Å²) < 4.78 is 5.12. The molecule has 128 valence electrons. The average Bonchev–Trinajstić information content (AvgIpc) is 2.97. The number of hydrogen-bond acceptors (Lipinski definition) is 6. The molecule has 1 amide bonds. The third-order valence-electron chi connectivity index (χ3n) is 3.95. The van der Waals surface area contributed by atoms with Crippen molar-refractivity contribution in [1.82, 2.24) is 25.4 Å². The van der Waals surface area contributed by atoms with E-state index < -0.39 is 0 Å². The van der Waals surface area contributed by atoms with Crippen LogP contribution in [0, 0.1) is 13.8 Å². The van der Waals surface area contributed by atoms with Crippen LogP contribution in [0.4, 0.5) is 0 Å². The Morgan fingerprint density at radius 2 is 2.04 bits per heavy atom. The molecular weight excluding hydrogens is 318 g/mol. The highest BCUT2D eigenvalue weighted by atomic mass is 16.5. The highest BCUT2D eigenvalue weighted by Crippen LogP contribution is 2.18. The first-order valence-corrected chi connectivity index (χ1v) is 8.04. The fourth-order valence-corrected chi connectivity index (χ4v) is 2.61. The van der Waals surface area contributed by atoms with E-state index in [1.54, 1.807) is 24.8 Å². The second kappa shape index (κ2) is 7.65. The number of carbonyl (C=O) groups is 1. The van der Waals surface area contributed by atoms with Gasteiger partial charge in [0, 0.05) is 42.3 Å². The number of rotatable bonds is 6. The molecule has 7 nitrogen and oxygen atoms in total. The van der Waals surface area contributed by atoms with Crippen LogP contribution >= 0.6 is 0 Å². The molecule has 0 saturated heterocycles. The van der Waals surface area contributed by atoms with E-state index in [4.69, 9.17) is 4.52 Å². The van der Waals surface area contributed by atoms with Crippen molar-refractivity contribution in [1.29, 1.82) is 0 Å². The van der Waals surface area contributed by atoms with E-state index in [2.05, 4.69) is 25.4 Å². The van der Waals surface area contributed by atoms with Crippen LogP contribution in [0.1, 0.15) is 29.1 Å². The van der Waals surface area contributed by atoms with Crippen LogP contribution in [0.3, 0.4) is 0 Å². The Kier molecular flexibility index (Phi) is 5.13. The smallest absolute Gasteiger partial charge is 0.220 e. The van der Waals surface area contributed by atoms with Crippen molar-refractivity contribution < 1.29 is 9.32 Å². The lowest BCUT2D eigenvalue weighted by Crippen LogP contribution is -2.24. The summed E-state index contributed by atoms with van der Waals surface area (Å²) in [5, 5.41) is 6.80. The molecule has 3 rings (SSSR count). The highest BCUT2D eigenvalue weighted by molar-refractivity contribution is 5.76. The van der Waals surface area contributed by atoms with Crippen LogP contribution in [0.2, 0.25) is 0 Å². The maximum absolute atomic E-state index is 12.2. The molecule has 25 heavy (non-hydrogen) atoms. The third kappa shape index (κ3) is 4.06. The number of nitrogens with zero attached hydrogens (tertiary/aromatic N) is 4. The fourth-order valence-electron chi connectivity index (χ4n) is 2.61. The number of amides is 1. The predicted molar refractivity (Wildman–Crippen MR) is 91.4 cm³/mol. The van der Waals surface area contributed by atoms with Gasteiger partial charge in [-0.2, -0.15) is 0 Å². The van der Waals surface area contributed by atoms with Crippen LogP contribution in [0.5, 0.6) is 0 Å². The van der Waals surface area contributed by atoms with E-state index in [1.165, 1.54) is 0 Å². The number of aryl methyl sites for hydroxylation is 2. The van der Waals surface area contributed by atoms with Gasteiger partial charge >= 0.3 is 0 Å². The van der Waals surface area contributed by atoms with Gasteiger partial charge in [0.2, 0.25) is 5.91 Å². The Morgan fingerprint density at radius 1 is 1.20 bits per heavy atom. The molecule has 0 radical (unpaired) electrons. The topological polar surface area (TPSA) is 93.8 Å². The molecule has 1 N–H and O–H groups in total. The molecule has 0 atom stereocenters. The van der Waals surface area contributed by atoms with Gasteiger partial charge in [0.15, 0.2) is 0 Å². The van der Waals surface area contributed by atoms with Crippen molar-refractivity contribution in [3.8, 4) is 11.3 Å². The number of pyridine rings is 1. The summed E-state index contributed by atoms with van der Waals surface area (Å²) in [5.74, 6) is 0.709. The summed E-state index contributed by atoms with van der Waals surface area (Å²) in [6.07, 6.45) is 7.65. The highest BCUT2D eigenvalue weighted by Gasteiger charge is 2.12. The molecule has 3 aromatic rings. The summed E-state index contributed by atoms with van der Waals surface area (Å²) >= 11 is 0.